The van der Waals surface area contributed by atoms with Crippen LogP contribution in [0.5, 0.6) is 0 Å². The maximum absolute atomic E-state index is 7.42. The Morgan fingerprint density at radius 2 is 2.22 bits per heavy atom. The van der Waals surface area contributed by atoms with Gasteiger partial charge in [0.05, 0.1) is 4.88 Å². The van der Waals surface area contributed by atoms with Gasteiger partial charge in [-0.3, -0.25) is 0 Å². The van der Waals surface area contributed by atoms with E-state index < -0.39 is 0 Å². The summed E-state index contributed by atoms with van der Waals surface area (Å²) in [6, 6.07) is 6.03. The van der Waals surface area contributed by atoms with Gasteiger partial charge >= 0.3 is 0 Å². The molecule has 0 radical (unpaired) electrons. The Labute approximate surface area is 140 Å². The molecule has 3 rings (SSSR count). The zero-order chi connectivity index (χ0) is 16.1. The molecule has 23 heavy (non-hydrogen) atoms. The lowest BCUT2D eigenvalue weighted by Crippen LogP contribution is -2.26. The molecule has 4 nitrogen and oxygen atoms in total. The molecule has 0 atom stereocenters. The fourth-order valence-electron chi connectivity index (χ4n) is 2.65. The standard InChI is InChI=1S/C18H20N4S/c1-20-16-10-14(3-4-15(16)11-19)17-12-22-18(23-17)5-2-13-6-8-21-9-7-13/h3-4,10-13,19-21H,6-9H2,1H3. The highest BCUT2D eigenvalue weighted by molar-refractivity contribution is 7.15. The highest BCUT2D eigenvalue weighted by atomic mass is 32.1. The molecular weight excluding hydrogens is 304 g/mol. The Bertz CT molecular complexity index is 748. The predicted octanol–water partition coefficient (Wildman–Crippen LogP) is 3.20. The summed E-state index contributed by atoms with van der Waals surface area (Å²) in [7, 11) is 1.87. The third-order valence-electron chi connectivity index (χ3n) is 3.99. The average Bonchev–Trinajstić information content (AvgIpc) is 3.09. The lowest BCUT2D eigenvalue weighted by molar-refractivity contribution is 0.447. The van der Waals surface area contributed by atoms with E-state index in [1.807, 2.05) is 25.4 Å². The molecule has 5 heteroatoms. The van der Waals surface area contributed by atoms with Crippen LogP contribution < -0.4 is 10.6 Å². The summed E-state index contributed by atoms with van der Waals surface area (Å²) >= 11 is 1.62. The fourth-order valence-corrected chi connectivity index (χ4v) is 3.42. The second kappa shape index (κ2) is 7.40. The van der Waals surface area contributed by atoms with Crippen molar-refractivity contribution in [3.8, 4) is 22.3 Å². The quantitative estimate of drug-likeness (QED) is 0.600. The molecule has 1 saturated heterocycles. The van der Waals surface area contributed by atoms with Crippen LogP contribution >= 0.6 is 11.3 Å². The third kappa shape index (κ3) is 3.79. The van der Waals surface area contributed by atoms with Crippen molar-refractivity contribution in [3.05, 3.63) is 35.0 Å². The van der Waals surface area contributed by atoms with Gasteiger partial charge in [0.1, 0.15) is 0 Å². The molecule has 0 bridgehead atoms. The van der Waals surface area contributed by atoms with Crippen molar-refractivity contribution in [2.24, 2.45) is 5.92 Å². The number of anilines is 1. The molecule has 2 heterocycles. The molecular formula is C18H20N4S. The van der Waals surface area contributed by atoms with Gasteiger partial charge in [-0.05, 0) is 43.5 Å². The number of nitrogens with one attached hydrogen (secondary N) is 3. The van der Waals surface area contributed by atoms with E-state index in [0.29, 0.717) is 5.92 Å². The van der Waals surface area contributed by atoms with Gasteiger partial charge in [-0.15, -0.1) is 11.3 Å². The smallest absolute Gasteiger partial charge is 0.167 e. The Balaban J connectivity index is 1.79. The lowest BCUT2D eigenvalue weighted by Gasteiger charge is -2.16. The predicted molar refractivity (Wildman–Crippen MR) is 97.5 cm³/mol. The first-order chi connectivity index (χ1) is 11.3. The zero-order valence-corrected chi connectivity index (χ0v) is 14.0. The second-order valence-electron chi connectivity index (χ2n) is 5.52. The van der Waals surface area contributed by atoms with Crippen molar-refractivity contribution in [2.75, 3.05) is 25.5 Å². The lowest BCUT2D eigenvalue weighted by atomic mass is 9.99. The first-order valence-electron chi connectivity index (χ1n) is 7.81. The maximum Gasteiger partial charge on any atom is 0.167 e. The van der Waals surface area contributed by atoms with Crippen LogP contribution in [0.1, 0.15) is 23.4 Å². The molecule has 1 aliphatic heterocycles. The summed E-state index contributed by atoms with van der Waals surface area (Å²) in [6.45, 7) is 2.13. The van der Waals surface area contributed by atoms with E-state index in [4.69, 9.17) is 5.41 Å². The van der Waals surface area contributed by atoms with Crippen LogP contribution in [0, 0.1) is 23.2 Å². The van der Waals surface area contributed by atoms with Gasteiger partial charge < -0.3 is 16.0 Å². The SMILES string of the molecule is CNc1cc(-c2cnc(C#CC3CCNCC3)s2)ccc1C=N. The monoisotopic (exact) mass is 324 g/mol. The van der Waals surface area contributed by atoms with Crippen LogP contribution in [0.25, 0.3) is 10.4 Å². The van der Waals surface area contributed by atoms with Crippen LogP contribution in [0.2, 0.25) is 0 Å². The van der Waals surface area contributed by atoms with Crippen LogP contribution in [0.3, 0.4) is 0 Å². The van der Waals surface area contributed by atoms with Crippen LogP contribution in [-0.4, -0.2) is 31.3 Å². The molecule has 0 spiro atoms. The minimum atomic E-state index is 0.492. The number of hydrogen-bond acceptors (Lipinski definition) is 5. The van der Waals surface area contributed by atoms with Crippen molar-refractivity contribution in [1.82, 2.24) is 10.3 Å². The van der Waals surface area contributed by atoms with Crippen molar-refractivity contribution in [1.29, 1.82) is 5.41 Å². The Morgan fingerprint density at radius 3 is 2.96 bits per heavy atom. The van der Waals surface area contributed by atoms with Gasteiger partial charge in [0.2, 0.25) is 0 Å². The number of rotatable bonds is 3. The first kappa shape index (κ1) is 15.7. The molecule has 0 unspecified atom stereocenters. The summed E-state index contributed by atoms with van der Waals surface area (Å²) in [5, 5.41) is 14.8. The second-order valence-corrected chi connectivity index (χ2v) is 6.55. The van der Waals surface area contributed by atoms with Crippen LogP contribution in [-0.2, 0) is 0 Å². The summed E-state index contributed by atoms with van der Waals surface area (Å²) in [6.07, 6.45) is 5.50. The van der Waals surface area contributed by atoms with Gasteiger partial charge in [-0.2, -0.15) is 0 Å². The largest absolute Gasteiger partial charge is 0.388 e. The topological polar surface area (TPSA) is 60.8 Å². The Hall–Kier alpha value is -2.16. The number of hydrogen-bond donors (Lipinski definition) is 3. The minimum absolute atomic E-state index is 0.492. The van der Waals surface area contributed by atoms with Gasteiger partial charge in [-0.1, -0.05) is 18.1 Å². The summed E-state index contributed by atoms with van der Waals surface area (Å²) in [4.78, 5) is 5.54. The van der Waals surface area contributed by atoms with Crippen LogP contribution in [0.15, 0.2) is 24.4 Å². The summed E-state index contributed by atoms with van der Waals surface area (Å²) in [5.74, 6) is 7.08. The van der Waals surface area contributed by atoms with Crippen LogP contribution in [0.4, 0.5) is 5.69 Å². The molecule has 2 aromatic rings. The van der Waals surface area contributed by atoms with Crippen molar-refractivity contribution >= 4 is 23.2 Å². The molecule has 1 aromatic carbocycles. The fraction of sp³-hybridized carbons (Fsp3) is 0.333. The van der Waals surface area contributed by atoms with E-state index in [1.165, 1.54) is 6.21 Å². The number of aromatic nitrogens is 1. The van der Waals surface area contributed by atoms with E-state index in [2.05, 4.69) is 33.5 Å². The molecule has 0 aliphatic carbocycles. The van der Waals surface area contributed by atoms with Crippen molar-refractivity contribution in [3.63, 3.8) is 0 Å². The zero-order valence-electron chi connectivity index (χ0n) is 13.1. The summed E-state index contributed by atoms with van der Waals surface area (Å²) in [5.41, 5.74) is 2.94. The van der Waals surface area contributed by atoms with E-state index in [-0.39, 0.29) is 0 Å². The molecule has 0 saturated carbocycles. The highest BCUT2D eigenvalue weighted by Gasteiger charge is 2.10. The molecule has 1 aromatic heterocycles. The average molecular weight is 324 g/mol. The van der Waals surface area contributed by atoms with Gasteiger partial charge in [0.25, 0.3) is 0 Å². The molecule has 118 valence electrons. The molecule has 3 N–H and O–H groups in total. The van der Waals surface area contributed by atoms with E-state index in [0.717, 1.165) is 52.6 Å². The van der Waals surface area contributed by atoms with E-state index >= 15 is 0 Å². The van der Waals surface area contributed by atoms with Gasteiger partial charge in [0.15, 0.2) is 5.01 Å². The highest BCUT2D eigenvalue weighted by Crippen LogP contribution is 2.29. The third-order valence-corrected chi connectivity index (χ3v) is 4.95. The molecule has 0 amide bonds. The van der Waals surface area contributed by atoms with E-state index in [9.17, 15) is 0 Å². The minimum Gasteiger partial charge on any atom is -0.388 e. The maximum atomic E-state index is 7.42. The normalized spacial score (nSPS) is 14.8. The number of piperidine rings is 1. The number of thiazole rings is 1. The Kier molecular flexibility index (Phi) is 5.06. The number of benzene rings is 1. The van der Waals surface area contributed by atoms with Gasteiger partial charge in [-0.25, -0.2) is 4.98 Å². The molecule has 1 aliphatic rings. The molecule has 1 fully saturated rings. The van der Waals surface area contributed by atoms with Gasteiger partial charge in [0, 0.05) is 36.6 Å². The first-order valence-corrected chi connectivity index (χ1v) is 8.62. The van der Waals surface area contributed by atoms with Crippen molar-refractivity contribution in [2.45, 2.75) is 12.8 Å². The summed E-state index contributed by atoms with van der Waals surface area (Å²) < 4.78 is 0. The number of nitrogens with zero attached hydrogens (tertiary/aromatic N) is 1. The van der Waals surface area contributed by atoms with Crippen molar-refractivity contribution < 1.29 is 0 Å². The Morgan fingerprint density at radius 1 is 1.39 bits per heavy atom. The van der Waals surface area contributed by atoms with E-state index in [1.54, 1.807) is 11.3 Å².